The van der Waals surface area contributed by atoms with E-state index in [1.807, 2.05) is 0 Å². The molecule has 0 amide bonds. The number of aromatic nitrogens is 1. The second-order valence-corrected chi connectivity index (χ2v) is 6.76. The van der Waals surface area contributed by atoms with E-state index < -0.39 is 0 Å². The summed E-state index contributed by atoms with van der Waals surface area (Å²) in [4.78, 5) is 4.97. The van der Waals surface area contributed by atoms with Gasteiger partial charge in [0, 0.05) is 31.2 Å². The Bertz CT molecular complexity index is 1340. The number of hydrogen-bond donors (Lipinski definition) is 0. The molecule has 1 aliphatic rings. The smallest absolute Gasteiger partial charge is 0.0630 e. The van der Waals surface area contributed by atoms with Crippen molar-refractivity contribution in [1.82, 2.24) is 4.98 Å². The Morgan fingerprint density at radius 1 is 0.630 bits per heavy atom. The third-order valence-electron chi connectivity index (χ3n) is 5.28. The Labute approximate surface area is 171 Å². The van der Waals surface area contributed by atoms with Crippen LogP contribution in [-0.4, -0.2) is 4.98 Å². The van der Waals surface area contributed by atoms with Crippen LogP contribution in [0.1, 0.15) is 0 Å². The van der Waals surface area contributed by atoms with E-state index in [1.165, 1.54) is 33.0 Å². The third-order valence-corrected chi connectivity index (χ3v) is 5.28. The largest absolute Gasteiger partial charge is 0.287 e. The zero-order valence-electron chi connectivity index (χ0n) is 14.4. The monoisotopic (exact) mass is 521 g/mol. The van der Waals surface area contributed by atoms with Crippen LogP contribution in [0.4, 0.5) is 0 Å². The molecule has 27 heavy (non-hydrogen) atoms. The van der Waals surface area contributed by atoms with Crippen molar-refractivity contribution < 1.29 is 20.1 Å². The van der Waals surface area contributed by atoms with Crippen molar-refractivity contribution in [3.05, 3.63) is 91.0 Å². The molecule has 2 heteroatoms. The molecule has 0 saturated heterocycles. The number of rotatable bonds is 1. The minimum absolute atomic E-state index is 0. The average Bonchev–Trinajstić information content (AvgIpc) is 3.03. The van der Waals surface area contributed by atoms with Gasteiger partial charge in [-0.3, -0.25) is 4.98 Å². The predicted molar refractivity (Wildman–Crippen MR) is 108 cm³/mol. The first-order chi connectivity index (χ1) is 12.9. The maximum Gasteiger partial charge on any atom is 0.0630 e. The van der Waals surface area contributed by atoms with Crippen LogP contribution >= 0.6 is 0 Å². The van der Waals surface area contributed by atoms with Crippen molar-refractivity contribution in [1.29, 1.82) is 0 Å². The first kappa shape index (κ1) is 16.4. The van der Waals surface area contributed by atoms with E-state index in [-0.39, 0.29) is 20.1 Å². The third kappa shape index (κ3) is 2.38. The summed E-state index contributed by atoms with van der Waals surface area (Å²) in [6.07, 6.45) is 0. The van der Waals surface area contributed by atoms with Gasteiger partial charge in [0.05, 0.1) is 5.52 Å². The second-order valence-electron chi connectivity index (χ2n) is 6.76. The van der Waals surface area contributed by atoms with Crippen molar-refractivity contribution in [2.45, 2.75) is 0 Å². The summed E-state index contributed by atoms with van der Waals surface area (Å²) in [5.74, 6) is 0. The fourth-order valence-electron chi connectivity index (χ4n) is 4.08. The van der Waals surface area contributed by atoms with Crippen molar-refractivity contribution in [3.8, 4) is 33.5 Å². The summed E-state index contributed by atoms with van der Waals surface area (Å²) in [5, 5.41) is 3.59. The molecule has 6 rings (SSSR count). The molecule has 1 heterocycles. The Hall–Kier alpha value is -2.80. The summed E-state index contributed by atoms with van der Waals surface area (Å²) < 4.78 is 0. The van der Waals surface area contributed by atoms with Crippen molar-refractivity contribution in [2.24, 2.45) is 0 Å². The molecule has 1 radical (unpaired) electrons. The van der Waals surface area contributed by atoms with Gasteiger partial charge in [0.1, 0.15) is 0 Å². The van der Waals surface area contributed by atoms with Crippen LogP contribution in [0.15, 0.2) is 84.9 Å². The zero-order chi connectivity index (χ0) is 17.1. The fourth-order valence-corrected chi connectivity index (χ4v) is 4.08. The normalized spacial score (nSPS) is 11.4. The van der Waals surface area contributed by atoms with E-state index in [0.717, 1.165) is 22.2 Å². The topological polar surface area (TPSA) is 12.9 Å². The van der Waals surface area contributed by atoms with Crippen LogP contribution in [0.5, 0.6) is 0 Å². The average molecular weight is 521 g/mol. The van der Waals surface area contributed by atoms with Gasteiger partial charge in [0.15, 0.2) is 0 Å². The molecule has 4 aromatic carbocycles. The van der Waals surface area contributed by atoms with Crippen LogP contribution in [0, 0.1) is 6.07 Å². The molecule has 0 aliphatic heterocycles. The molecule has 0 N–H and O–H groups in total. The predicted octanol–water partition coefficient (Wildman–Crippen LogP) is 6.50. The molecular formula is C25H14IrN-. The van der Waals surface area contributed by atoms with Crippen LogP contribution in [0.2, 0.25) is 0 Å². The SMILES string of the molecule is [Ir].[c-]1c(-c2cc3c4c(cccc4n2)-c2ccccc2-3)ccc2ccccc12. The van der Waals surface area contributed by atoms with Gasteiger partial charge < -0.3 is 0 Å². The van der Waals surface area contributed by atoms with Crippen LogP contribution in [0.3, 0.4) is 0 Å². The number of benzene rings is 4. The number of nitrogens with zero attached hydrogens (tertiary/aromatic N) is 1. The fraction of sp³-hybridized carbons (Fsp3) is 0. The molecule has 0 bridgehead atoms. The van der Waals surface area contributed by atoms with Gasteiger partial charge in [0.2, 0.25) is 0 Å². The first-order valence-electron chi connectivity index (χ1n) is 8.83. The van der Waals surface area contributed by atoms with E-state index in [0.29, 0.717) is 0 Å². The molecule has 5 aromatic rings. The van der Waals surface area contributed by atoms with Gasteiger partial charge in [-0.05, 0) is 28.3 Å². The molecular weight excluding hydrogens is 506 g/mol. The quantitative estimate of drug-likeness (QED) is 0.226. The van der Waals surface area contributed by atoms with E-state index in [2.05, 4.69) is 91.0 Å². The second kappa shape index (κ2) is 6.13. The van der Waals surface area contributed by atoms with Gasteiger partial charge in [0.25, 0.3) is 0 Å². The van der Waals surface area contributed by atoms with Gasteiger partial charge in [-0.15, -0.1) is 29.7 Å². The Kier molecular flexibility index (Phi) is 3.72. The summed E-state index contributed by atoms with van der Waals surface area (Å²) in [5.41, 5.74) is 8.22. The number of hydrogen-bond acceptors (Lipinski definition) is 1. The van der Waals surface area contributed by atoms with Crippen molar-refractivity contribution in [2.75, 3.05) is 0 Å². The molecule has 0 saturated carbocycles. The number of pyridine rings is 1. The van der Waals surface area contributed by atoms with Gasteiger partial charge >= 0.3 is 0 Å². The number of fused-ring (bicyclic) bond motifs is 4. The van der Waals surface area contributed by atoms with E-state index >= 15 is 0 Å². The maximum absolute atomic E-state index is 4.97. The van der Waals surface area contributed by atoms with Crippen LogP contribution in [-0.2, 0) is 20.1 Å². The molecule has 1 aliphatic carbocycles. The summed E-state index contributed by atoms with van der Waals surface area (Å²) in [6, 6.07) is 33.4. The Morgan fingerprint density at radius 2 is 1.37 bits per heavy atom. The minimum Gasteiger partial charge on any atom is -0.287 e. The minimum atomic E-state index is 0. The first-order valence-corrected chi connectivity index (χ1v) is 8.83. The van der Waals surface area contributed by atoms with Crippen molar-refractivity contribution >= 4 is 21.7 Å². The molecule has 1 nitrogen and oxygen atoms in total. The summed E-state index contributed by atoms with van der Waals surface area (Å²) in [7, 11) is 0. The Balaban J connectivity index is 0.00000160. The van der Waals surface area contributed by atoms with E-state index in [9.17, 15) is 0 Å². The summed E-state index contributed by atoms with van der Waals surface area (Å²) >= 11 is 0. The molecule has 129 valence electrons. The van der Waals surface area contributed by atoms with Gasteiger partial charge in [-0.1, -0.05) is 71.6 Å². The summed E-state index contributed by atoms with van der Waals surface area (Å²) in [6.45, 7) is 0. The zero-order valence-corrected chi connectivity index (χ0v) is 16.8. The van der Waals surface area contributed by atoms with E-state index in [1.54, 1.807) is 0 Å². The van der Waals surface area contributed by atoms with Gasteiger partial charge in [-0.25, -0.2) is 0 Å². The Morgan fingerprint density at radius 3 is 2.26 bits per heavy atom. The van der Waals surface area contributed by atoms with Crippen LogP contribution < -0.4 is 0 Å². The molecule has 0 spiro atoms. The molecule has 0 unspecified atom stereocenters. The van der Waals surface area contributed by atoms with Crippen LogP contribution in [0.25, 0.3) is 55.2 Å². The maximum atomic E-state index is 4.97. The molecule has 0 atom stereocenters. The standard InChI is InChI=1S/C25H14N.Ir/c1-2-7-17-14-18(13-12-16(17)6-1)24-15-22-20-9-4-3-8-19(20)21-10-5-11-23(26-24)25(21)22;/h1-13,15H;/q-1;. The van der Waals surface area contributed by atoms with E-state index in [4.69, 9.17) is 4.98 Å². The van der Waals surface area contributed by atoms with Crippen molar-refractivity contribution in [3.63, 3.8) is 0 Å². The van der Waals surface area contributed by atoms with Gasteiger partial charge in [-0.2, -0.15) is 0 Å². The molecule has 0 fully saturated rings. The molecule has 1 aromatic heterocycles.